The number of thioether (sulfide) groups is 1. The van der Waals surface area contributed by atoms with E-state index >= 15 is 0 Å². The monoisotopic (exact) mass is 466 g/mol. The number of hydrogen-bond acceptors (Lipinski definition) is 6. The molecule has 30 heavy (non-hydrogen) atoms. The molecule has 0 aliphatic heterocycles. The maximum Gasteiger partial charge on any atom is 0.262 e. The van der Waals surface area contributed by atoms with Crippen LogP contribution in [-0.4, -0.2) is 39.4 Å². The molecule has 1 aromatic carbocycles. The first-order valence-corrected chi connectivity index (χ1v) is 11.0. The zero-order valence-electron chi connectivity index (χ0n) is 16.2. The number of nitrogens with zero attached hydrogens (tertiary/aromatic N) is 3. The molecule has 2 aromatic heterocycles. The molecule has 0 unspecified atom stereocenters. The number of benzene rings is 1. The average Bonchev–Trinajstić information content (AvgIpc) is 2.72. The van der Waals surface area contributed by atoms with Gasteiger partial charge < -0.3 is 10.1 Å². The van der Waals surface area contributed by atoms with Crippen LogP contribution in [0.15, 0.2) is 46.5 Å². The number of ether oxygens (including phenoxy) is 1. The summed E-state index contributed by atoms with van der Waals surface area (Å²) in [5.74, 6) is -0.231. The Labute approximate surface area is 187 Å². The summed E-state index contributed by atoms with van der Waals surface area (Å²) < 4.78 is 6.95. The first-order valence-electron chi connectivity index (χ1n) is 9.30. The molecule has 1 amide bonds. The average molecular weight is 467 g/mol. The van der Waals surface area contributed by atoms with Gasteiger partial charge in [0.1, 0.15) is 0 Å². The van der Waals surface area contributed by atoms with Crippen LogP contribution < -0.4 is 10.9 Å². The second-order valence-corrected chi connectivity index (χ2v) is 7.98. The molecule has 0 aliphatic rings. The van der Waals surface area contributed by atoms with Crippen molar-refractivity contribution in [1.29, 1.82) is 0 Å². The Hall–Kier alpha value is -2.13. The standard InChI is InChI=1S/C20H20Cl2N4O3S/c1-2-29-10-4-9-26-19(28)14-7-6-13(21)11-16(14)25-20(26)30-12-17(27)24-15-5-3-8-23-18(15)22/h3,5-8,11H,2,4,9-10,12H2,1H3,(H,24,27). The van der Waals surface area contributed by atoms with Crippen molar-refractivity contribution in [1.82, 2.24) is 14.5 Å². The number of anilines is 1. The van der Waals surface area contributed by atoms with Crippen LogP contribution in [-0.2, 0) is 16.1 Å². The van der Waals surface area contributed by atoms with Crippen molar-refractivity contribution in [2.45, 2.75) is 25.0 Å². The molecule has 0 bridgehead atoms. The topological polar surface area (TPSA) is 86.1 Å². The Kier molecular flexibility index (Phi) is 8.09. The van der Waals surface area contributed by atoms with E-state index in [1.807, 2.05) is 6.92 Å². The number of pyridine rings is 1. The zero-order chi connectivity index (χ0) is 21.5. The van der Waals surface area contributed by atoms with Crippen molar-refractivity contribution < 1.29 is 9.53 Å². The van der Waals surface area contributed by atoms with E-state index in [-0.39, 0.29) is 22.4 Å². The minimum Gasteiger partial charge on any atom is -0.382 e. The molecule has 0 saturated carbocycles. The Balaban J connectivity index is 1.82. The van der Waals surface area contributed by atoms with Gasteiger partial charge in [-0.15, -0.1) is 0 Å². The minimum atomic E-state index is -0.281. The molecule has 0 spiro atoms. The van der Waals surface area contributed by atoms with Crippen LogP contribution >= 0.6 is 35.0 Å². The maximum absolute atomic E-state index is 13.0. The number of amides is 1. The fraction of sp³-hybridized carbons (Fsp3) is 0.300. The fourth-order valence-corrected chi connectivity index (χ4v) is 3.90. The molecule has 0 saturated heterocycles. The smallest absolute Gasteiger partial charge is 0.262 e. The molecule has 7 nitrogen and oxygen atoms in total. The molecule has 0 aliphatic carbocycles. The summed E-state index contributed by atoms with van der Waals surface area (Å²) in [5.41, 5.74) is 0.746. The number of carbonyl (C=O) groups is 1. The summed E-state index contributed by atoms with van der Waals surface area (Å²) in [7, 11) is 0. The normalized spacial score (nSPS) is 11.0. The first kappa shape index (κ1) is 22.6. The van der Waals surface area contributed by atoms with Gasteiger partial charge >= 0.3 is 0 Å². The molecule has 158 valence electrons. The van der Waals surface area contributed by atoms with Crippen LogP contribution in [0.3, 0.4) is 0 Å². The van der Waals surface area contributed by atoms with Crippen molar-refractivity contribution in [2.24, 2.45) is 0 Å². The van der Waals surface area contributed by atoms with Crippen molar-refractivity contribution in [2.75, 3.05) is 24.3 Å². The second kappa shape index (κ2) is 10.8. The number of rotatable bonds is 9. The molecule has 0 atom stereocenters. The lowest BCUT2D eigenvalue weighted by Gasteiger charge is -2.13. The zero-order valence-corrected chi connectivity index (χ0v) is 18.6. The molecule has 10 heteroatoms. The van der Waals surface area contributed by atoms with Crippen LogP contribution in [0.25, 0.3) is 10.9 Å². The van der Waals surface area contributed by atoms with Crippen molar-refractivity contribution in [3.63, 3.8) is 0 Å². The van der Waals surface area contributed by atoms with Gasteiger partial charge in [0.25, 0.3) is 5.56 Å². The predicted octanol–water partition coefficient (Wildman–Crippen LogP) is 4.26. The molecule has 0 radical (unpaired) electrons. The summed E-state index contributed by atoms with van der Waals surface area (Å²) in [4.78, 5) is 33.9. The van der Waals surface area contributed by atoms with E-state index in [1.54, 1.807) is 34.9 Å². The number of nitrogens with one attached hydrogen (secondary N) is 1. The lowest BCUT2D eigenvalue weighted by molar-refractivity contribution is -0.113. The molecular formula is C20H20Cl2N4O3S. The number of carbonyl (C=O) groups excluding carboxylic acids is 1. The summed E-state index contributed by atoms with van der Waals surface area (Å²) in [6.07, 6.45) is 2.19. The van der Waals surface area contributed by atoms with Crippen LogP contribution in [0.5, 0.6) is 0 Å². The third-order valence-corrected chi connectivity index (χ3v) is 5.64. The highest BCUT2D eigenvalue weighted by atomic mass is 35.5. The number of fused-ring (bicyclic) bond motifs is 1. The van der Waals surface area contributed by atoms with Gasteiger partial charge in [0.05, 0.1) is 22.3 Å². The van der Waals surface area contributed by atoms with Gasteiger partial charge in [-0.05, 0) is 43.7 Å². The summed E-state index contributed by atoms with van der Waals surface area (Å²) in [6, 6.07) is 8.31. The van der Waals surface area contributed by atoms with E-state index in [1.165, 1.54) is 18.0 Å². The largest absolute Gasteiger partial charge is 0.382 e. The SMILES string of the molecule is CCOCCCn1c(SCC(=O)Nc2cccnc2Cl)nc2cc(Cl)ccc2c1=O. The highest BCUT2D eigenvalue weighted by Crippen LogP contribution is 2.22. The van der Waals surface area contributed by atoms with Crippen molar-refractivity contribution >= 4 is 57.5 Å². The van der Waals surface area contributed by atoms with E-state index in [2.05, 4.69) is 15.3 Å². The maximum atomic E-state index is 13.0. The molecule has 3 aromatic rings. The number of hydrogen-bond donors (Lipinski definition) is 1. The van der Waals surface area contributed by atoms with E-state index in [0.717, 1.165) is 0 Å². The van der Waals surface area contributed by atoms with E-state index < -0.39 is 0 Å². The van der Waals surface area contributed by atoms with Crippen LogP contribution in [0.1, 0.15) is 13.3 Å². The second-order valence-electron chi connectivity index (χ2n) is 6.24. The third-order valence-electron chi connectivity index (χ3n) is 4.12. The fourth-order valence-electron chi connectivity index (χ4n) is 2.75. The third kappa shape index (κ3) is 5.72. The molecule has 2 heterocycles. The molecule has 0 fully saturated rings. The lowest BCUT2D eigenvalue weighted by Crippen LogP contribution is -2.25. The number of aromatic nitrogens is 3. The quantitative estimate of drug-likeness (QED) is 0.219. The van der Waals surface area contributed by atoms with E-state index in [0.29, 0.717) is 52.9 Å². The molecule has 1 N–H and O–H groups in total. The Morgan fingerprint density at radius 3 is 2.90 bits per heavy atom. The van der Waals surface area contributed by atoms with Crippen LogP contribution in [0.4, 0.5) is 5.69 Å². The Bertz CT molecular complexity index is 1110. The van der Waals surface area contributed by atoms with Gasteiger partial charge in [-0.3, -0.25) is 14.2 Å². The van der Waals surface area contributed by atoms with Crippen molar-refractivity contribution in [3.05, 3.63) is 57.1 Å². The van der Waals surface area contributed by atoms with Gasteiger partial charge in [0.2, 0.25) is 5.91 Å². The van der Waals surface area contributed by atoms with Gasteiger partial charge in [0, 0.05) is 31.0 Å². The summed E-state index contributed by atoms with van der Waals surface area (Å²) >= 11 is 13.2. The van der Waals surface area contributed by atoms with Gasteiger partial charge in [0.15, 0.2) is 10.3 Å². The summed E-state index contributed by atoms with van der Waals surface area (Å²) in [5, 5.41) is 4.33. The Morgan fingerprint density at radius 1 is 1.30 bits per heavy atom. The van der Waals surface area contributed by atoms with Gasteiger partial charge in [-0.25, -0.2) is 9.97 Å². The predicted molar refractivity (Wildman–Crippen MR) is 121 cm³/mol. The van der Waals surface area contributed by atoms with Crippen LogP contribution in [0.2, 0.25) is 10.2 Å². The van der Waals surface area contributed by atoms with Gasteiger partial charge in [-0.1, -0.05) is 35.0 Å². The number of halogens is 2. The van der Waals surface area contributed by atoms with E-state index in [9.17, 15) is 9.59 Å². The van der Waals surface area contributed by atoms with Crippen LogP contribution in [0, 0.1) is 0 Å². The highest BCUT2D eigenvalue weighted by Gasteiger charge is 2.14. The Morgan fingerprint density at radius 2 is 2.13 bits per heavy atom. The van der Waals surface area contributed by atoms with Crippen molar-refractivity contribution in [3.8, 4) is 0 Å². The molecule has 3 rings (SSSR count). The highest BCUT2D eigenvalue weighted by molar-refractivity contribution is 7.99. The summed E-state index contributed by atoms with van der Waals surface area (Å²) in [6.45, 7) is 3.50. The van der Waals surface area contributed by atoms with E-state index in [4.69, 9.17) is 27.9 Å². The first-order chi connectivity index (χ1) is 14.5. The molecular weight excluding hydrogens is 447 g/mol. The van der Waals surface area contributed by atoms with Gasteiger partial charge in [-0.2, -0.15) is 0 Å². The lowest BCUT2D eigenvalue weighted by atomic mass is 10.2. The minimum absolute atomic E-state index is 0.0508.